The first-order valence-electron chi connectivity index (χ1n) is 8.69. The smallest absolute Gasteiger partial charge is 0.405 e. The predicted molar refractivity (Wildman–Crippen MR) is 94.5 cm³/mol. The minimum atomic E-state index is -1.15. The van der Waals surface area contributed by atoms with E-state index in [2.05, 4.69) is 15.5 Å². The van der Waals surface area contributed by atoms with Crippen molar-refractivity contribution in [3.05, 3.63) is 53.3 Å². The first kappa shape index (κ1) is 17.3. The van der Waals surface area contributed by atoms with Crippen molar-refractivity contribution in [1.82, 2.24) is 25.5 Å². The van der Waals surface area contributed by atoms with Gasteiger partial charge in [0, 0.05) is 5.56 Å². The van der Waals surface area contributed by atoms with Crippen molar-refractivity contribution < 1.29 is 19.5 Å². The van der Waals surface area contributed by atoms with Gasteiger partial charge in [-0.3, -0.25) is 9.94 Å². The number of hydroxylamine groups is 2. The number of nitrogens with zero attached hydrogens (tertiary/aromatic N) is 3. The van der Waals surface area contributed by atoms with Gasteiger partial charge in [-0.05, 0) is 19.4 Å². The van der Waals surface area contributed by atoms with Crippen LogP contribution in [0.3, 0.4) is 0 Å². The molecule has 2 bridgehead atoms. The molecule has 2 aliphatic rings. The van der Waals surface area contributed by atoms with E-state index in [1.165, 1.54) is 5.06 Å². The number of nitrogens with one attached hydrogen (secondary N) is 2. The molecular weight excluding hydrogens is 350 g/mol. The van der Waals surface area contributed by atoms with Crippen LogP contribution in [0.15, 0.2) is 36.5 Å². The van der Waals surface area contributed by atoms with Crippen molar-refractivity contribution >= 4 is 12.1 Å². The van der Waals surface area contributed by atoms with Gasteiger partial charge >= 0.3 is 12.1 Å². The molecule has 142 valence electrons. The molecule has 1 aromatic carbocycles. The van der Waals surface area contributed by atoms with E-state index < -0.39 is 17.7 Å². The predicted octanol–water partition coefficient (Wildman–Crippen LogP) is 2.42. The van der Waals surface area contributed by atoms with Crippen LogP contribution in [0, 0.1) is 0 Å². The van der Waals surface area contributed by atoms with Gasteiger partial charge < -0.3 is 15.3 Å². The van der Waals surface area contributed by atoms with Gasteiger partial charge in [-0.2, -0.15) is 10.2 Å². The highest BCUT2D eigenvalue weighted by Gasteiger charge is 2.54. The van der Waals surface area contributed by atoms with E-state index in [4.69, 9.17) is 4.84 Å². The van der Waals surface area contributed by atoms with Crippen molar-refractivity contribution in [3.8, 4) is 0 Å². The molecule has 27 heavy (non-hydrogen) atoms. The molecule has 2 aromatic rings. The Morgan fingerprint density at radius 2 is 2.15 bits per heavy atom. The van der Waals surface area contributed by atoms with Crippen molar-refractivity contribution in [3.63, 3.8) is 0 Å². The Morgan fingerprint density at radius 3 is 2.85 bits per heavy atom. The Labute approximate surface area is 155 Å². The van der Waals surface area contributed by atoms with E-state index in [1.54, 1.807) is 24.9 Å². The number of hydrogen-bond donors (Lipinski definition) is 3. The van der Waals surface area contributed by atoms with Gasteiger partial charge in [0.25, 0.3) is 0 Å². The molecule has 3 heterocycles. The van der Waals surface area contributed by atoms with Crippen LogP contribution in [0.2, 0.25) is 0 Å². The number of aromatic nitrogens is 2. The maximum Gasteiger partial charge on any atom is 0.405 e. The Morgan fingerprint density at radius 1 is 1.41 bits per heavy atom. The van der Waals surface area contributed by atoms with Gasteiger partial charge in [0.05, 0.1) is 30.0 Å². The number of aromatic amines is 1. The van der Waals surface area contributed by atoms with E-state index in [1.807, 2.05) is 30.3 Å². The van der Waals surface area contributed by atoms with Gasteiger partial charge in [0.2, 0.25) is 0 Å². The largest absolute Gasteiger partial charge is 0.465 e. The molecule has 2 atom stereocenters. The summed E-state index contributed by atoms with van der Waals surface area (Å²) >= 11 is 0. The van der Waals surface area contributed by atoms with Crippen LogP contribution in [-0.4, -0.2) is 49.5 Å². The Kier molecular flexibility index (Phi) is 4.03. The lowest BCUT2D eigenvalue weighted by Crippen LogP contribution is -2.54. The van der Waals surface area contributed by atoms with Gasteiger partial charge in [-0.1, -0.05) is 30.3 Å². The number of amides is 3. The lowest BCUT2D eigenvalue weighted by atomic mass is 9.85. The molecule has 3 amide bonds. The van der Waals surface area contributed by atoms with Gasteiger partial charge in [0.15, 0.2) is 0 Å². The monoisotopic (exact) mass is 371 g/mol. The fraction of sp³-hybridized carbons (Fsp3) is 0.389. The molecule has 9 nitrogen and oxygen atoms in total. The zero-order valence-electron chi connectivity index (χ0n) is 15.0. The molecule has 1 unspecified atom stereocenters. The molecule has 2 aliphatic heterocycles. The summed E-state index contributed by atoms with van der Waals surface area (Å²) in [5.74, 6) is 0. The normalized spacial score (nSPS) is 21.3. The minimum Gasteiger partial charge on any atom is -0.465 e. The SMILES string of the molecule is CC(C)(NC(=O)O)C1c2[nH]ncc2[C@H]2CN1C(=O)N2OCc1ccccc1. The van der Waals surface area contributed by atoms with Crippen molar-refractivity contribution in [2.45, 2.75) is 38.1 Å². The maximum absolute atomic E-state index is 13.0. The second kappa shape index (κ2) is 6.27. The molecule has 4 rings (SSSR count). The fourth-order valence-electron chi connectivity index (χ4n) is 3.94. The van der Waals surface area contributed by atoms with Crippen LogP contribution in [0.25, 0.3) is 0 Å². The average molecular weight is 371 g/mol. The molecule has 0 saturated carbocycles. The first-order chi connectivity index (χ1) is 12.9. The quantitative estimate of drug-likeness (QED) is 0.747. The van der Waals surface area contributed by atoms with E-state index in [0.717, 1.165) is 16.8 Å². The summed E-state index contributed by atoms with van der Waals surface area (Å²) in [6.07, 6.45) is 0.533. The highest BCUT2D eigenvalue weighted by Crippen LogP contribution is 2.46. The number of urea groups is 1. The first-order valence-corrected chi connectivity index (χ1v) is 8.69. The van der Waals surface area contributed by atoms with Crippen LogP contribution >= 0.6 is 0 Å². The Hall–Kier alpha value is -3.07. The number of rotatable bonds is 5. The molecule has 1 saturated heterocycles. The molecule has 0 radical (unpaired) electrons. The van der Waals surface area contributed by atoms with E-state index in [9.17, 15) is 14.7 Å². The summed E-state index contributed by atoms with van der Waals surface area (Å²) in [6, 6.07) is 8.52. The highest BCUT2D eigenvalue weighted by atomic mass is 16.7. The number of fused-ring (bicyclic) bond motifs is 4. The summed E-state index contributed by atoms with van der Waals surface area (Å²) in [6.45, 7) is 4.18. The molecule has 0 spiro atoms. The summed E-state index contributed by atoms with van der Waals surface area (Å²) in [5.41, 5.74) is 1.61. The minimum absolute atomic E-state index is 0.269. The summed E-state index contributed by atoms with van der Waals surface area (Å²) in [5, 5.41) is 20.2. The van der Waals surface area contributed by atoms with Gasteiger partial charge in [0.1, 0.15) is 12.6 Å². The highest BCUT2D eigenvalue weighted by molar-refractivity contribution is 5.79. The standard InChI is InChI=1S/C18H21N5O4/c1-18(2,20-16(24)25)15-14-12(8-19-21-14)13-9-22(15)17(26)23(13)27-10-11-6-4-3-5-7-11/h3-8,13,15,20H,9-10H2,1-2H3,(H,19,21)(H,24,25)/t13-,15?/m1/s1. The number of carbonyl (C=O) groups is 2. The number of H-pyrrole nitrogens is 1. The Bertz CT molecular complexity index is 866. The summed E-state index contributed by atoms with van der Waals surface area (Å²) in [7, 11) is 0. The van der Waals surface area contributed by atoms with Crippen LogP contribution < -0.4 is 5.32 Å². The second-order valence-electron chi connectivity index (χ2n) is 7.33. The third kappa shape index (κ3) is 2.89. The molecule has 9 heteroatoms. The summed E-state index contributed by atoms with van der Waals surface area (Å²) < 4.78 is 0. The second-order valence-corrected chi connectivity index (χ2v) is 7.33. The van der Waals surface area contributed by atoms with Crippen LogP contribution in [0.5, 0.6) is 0 Å². The third-order valence-corrected chi connectivity index (χ3v) is 5.06. The molecular formula is C18H21N5O4. The topological polar surface area (TPSA) is 111 Å². The lowest BCUT2D eigenvalue weighted by Gasteiger charge is -2.40. The number of carboxylic acid groups (broad SMARTS) is 1. The molecule has 1 fully saturated rings. The van der Waals surface area contributed by atoms with Crippen LogP contribution in [-0.2, 0) is 11.4 Å². The molecule has 1 aromatic heterocycles. The number of benzene rings is 1. The fourth-order valence-corrected chi connectivity index (χ4v) is 3.94. The van der Waals surface area contributed by atoms with Crippen molar-refractivity contribution in [2.24, 2.45) is 0 Å². The summed E-state index contributed by atoms with van der Waals surface area (Å²) in [4.78, 5) is 31.8. The van der Waals surface area contributed by atoms with Crippen LogP contribution in [0.1, 0.15) is 42.8 Å². The average Bonchev–Trinajstić information content (AvgIpc) is 3.19. The van der Waals surface area contributed by atoms with E-state index >= 15 is 0 Å². The third-order valence-electron chi connectivity index (χ3n) is 5.06. The van der Waals surface area contributed by atoms with Crippen molar-refractivity contribution in [1.29, 1.82) is 0 Å². The van der Waals surface area contributed by atoms with E-state index in [-0.39, 0.29) is 18.7 Å². The lowest BCUT2D eigenvalue weighted by molar-refractivity contribution is -0.141. The van der Waals surface area contributed by atoms with Gasteiger partial charge in [-0.15, -0.1) is 0 Å². The number of hydrogen-bond acceptors (Lipinski definition) is 4. The number of carbonyl (C=O) groups excluding carboxylic acids is 1. The van der Waals surface area contributed by atoms with Crippen molar-refractivity contribution in [2.75, 3.05) is 6.54 Å². The molecule has 0 aliphatic carbocycles. The van der Waals surface area contributed by atoms with Gasteiger partial charge in [-0.25, -0.2) is 9.59 Å². The maximum atomic E-state index is 13.0. The zero-order valence-corrected chi connectivity index (χ0v) is 15.0. The Balaban J connectivity index is 1.63. The zero-order chi connectivity index (χ0) is 19.2. The van der Waals surface area contributed by atoms with Crippen LogP contribution in [0.4, 0.5) is 9.59 Å². The van der Waals surface area contributed by atoms with E-state index in [0.29, 0.717) is 6.54 Å². The molecule has 3 N–H and O–H groups in total.